The standard InChI is InChI=1S/C11H23N2/c1-10(2)9-13-7-4-11(3-6-12)5-8-13/h11H,3-9,12H2,1-2H3. The highest BCUT2D eigenvalue weighted by atomic mass is 15.1. The summed E-state index contributed by atoms with van der Waals surface area (Å²) >= 11 is 0. The minimum atomic E-state index is 0.865. The zero-order chi connectivity index (χ0) is 9.68. The van der Waals surface area contributed by atoms with E-state index >= 15 is 0 Å². The van der Waals surface area contributed by atoms with Crippen LogP contribution < -0.4 is 5.73 Å². The molecule has 0 saturated carbocycles. The van der Waals surface area contributed by atoms with E-state index in [-0.39, 0.29) is 0 Å². The lowest BCUT2D eigenvalue weighted by Gasteiger charge is -2.32. The average Bonchev–Trinajstić information content (AvgIpc) is 2.08. The molecule has 0 amide bonds. The average molecular weight is 183 g/mol. The molecule has 1 rings (SSSR count). The van der Waals surface area contributed by atoms with E-state index in [4.69, 9.17) is 5.73 Å². The number of likely N-dealkylation sites (tertiary alicyclic amines) is 1. The van der Waals surface area contributed by atoms with Gasteiger partial charge >= 0.3 is 0 Å². The maximum absolute atomic E-state index is 5.56. The Morgan fingerprint density at radius 1 is 1.31 bits per heavy atom. The molecule has 13 heavy (non-hydrogen) atoms. The quantitative estimate of drug-likeness (QED) is 0.718. The molecule has 2 N–H and O–H groups in total. The first-order chi connectivity index (χ1) is 6.22. The Morgan fingerprint density at radius 3 is 2.38 bits per heavy atom. The normalized spacial score (nSPS) is 21.2. The summed E-state index contributed by atoms with van der Waals surface area (Å²) in [4.78, 5) is 2.56. The van der Waals surface area contributed by atoms with E-state index in [0.29, 0.717) is 0 Å². The highest BCUT2D eigenvalue weighted by molar-refractivity contribution is 4.84. The van der Waals surface area contributed by atoms with Crippen molar-refractivity contribution in [3.8, 4) is 0 Å². The van der Waals surface area contributed by atoms with Gasteiger partial charge in [-0.25, -0.2) is 0 Å². The molecule has 2 heteroatoms. The van der Waals surface area contributed by atoms with E-state index in [9.17, 15) is 0 Å². The molecule has 1 fully saturated rings. The van der Waals surface area contributed by atoms with Gasteiger partial charge in [-0.15, -0.1) is 0 Å². The molecular weight excluding hydrogens is 160 g/mol. The molecule has 0 atom stereocenters. The molecule has 0 aromatic rings. The van der Waals surface area contributed by atoms with E-state index < -0.39 is 0 Å². The second-order valence-electron chi connectivity index (χ2n) is 4.50. The summed E-state index contributed by atoms with van der Waals surface area (Å²) in [5, 5.41) is 0. The van der Waals surface area contributed by atoms with Gasteiger partial charge in [-0.2, -0.15) is 0 Å². The minimum Gasteiger partial charge on any atom is -0.330 e. The van der Waals surface area contributed by atoms with E-state index in [1.165, 1.54) is 44.8 Å². The molecule has 0 unspecified atom stereocenters. The molecule has 0 aromatic carbocycles. The third kappa shape index (κ3) is 4.10. The molecule has 1 aliphatic rings. The van der Waals surface area contributed by atoms with Gasteiger partial charge in [0.25, 0.3) is 0 Å². The van der Waals surface area contributed by atoms with Crippen molar-refractivity contribution in [1.82, 2.24) is 4.90 Å². The molecule has 0 aliphatic carbocycles. The highest BCUT2D eigenvalue weighted by Crippen LogP contribution is 2.20. The van der Waals surface area contributed by atoms with Crippen LogP contribution in [-0.2, 0) is 0 Å². The van der Waals surface area contributed by atoms with Crippen LogP contribution in [0, 0.1) is 11.8 Å². The molecule has 1 radical (unpaired) electrons. The molecule has 0 aromatic heterocycles. The van der Waals surface area contributed by atoms with Gasteiger partial charge in [0.15, 0.2) is 0 Å². The second-order valence-corrected chi connectivity index (χ2v) is 4.50. The number of nitrogens with two attached hydrogens (primary N) is 1. The van der Waals surface area contributed by atoms with Crippen molar-refractivity contribution in [1.29, 1.82) is 0 Å². The van der Waals surface area contributed by atoms with Gasteiger partial charge in [0.05, 0.1) is 0 Å². The summed E-state index contributed by atoms with van der Waals surface area (Å²) in [6, 6.07) is 0. The van der Waals surface area contributed by atoms with Crippen LogP contribution in [0.2, 0.25) is 0 Å². The van der Waals surface area contributed by atoms with Crippen LogP contribution in [0.4, 0.5) is 0 Å². The Kier molecular flexibility index (Phi) is 4.74. The van der Waals surface area contributed by atoms with Crippen molar-refractivity contribution in [2.45, 2.75) is 33.1 Å². The van der Waals surface area contributed by atoms with Crippen LogP contribution in [0.3, 0.4) is 0 Å². The largest absolute Gasteiger partial charge is 0.330 e. The first-order valence-corrected chi connectivity index (χ1v) is 5.44. The molecular formula is C11H23N2. The minimum absolute atomic E-state index is 0.865. The predicted octanol–water partition coefficient (Wildman–Crippen LogP) is 1.66. The first-order valence-electron chi connectivity index (χ1n) is 5.44. The number of hydrogen-bond donors (Lipinski definition) is 1. The lowest BCUT2D eigenvalue weighted by Crippen LogP contribution is -2.36. The van der Waals surface area contributed by atoms with Crippen molar-refractivity contribution < 1.29 is 0 Å². The van der Waals surface area contributed by atoms with Crippen molar-refractivity contribution >= 4 is 0 Å². The smallest absolute Gasteiger partial charge is 0.00383 e. The van der Waals surface area contributed by atoms with Crippen LogP contribution in [0.1, 0.15) is 33.1 Å². The summed E-state index contributed by atoms with van der Waals surface area (Å²) in [7, 11) is 0. The van der Waals surface area contributed by atoms with Crippen LogP contribution in [0.25, 0.3) is 0 Å². The third-order valence-electron chi connectivity index (χ3n) is 2.82. The van der Waals surface area contributed by atoms with Gasteiger partial charge in [-0.05, 0) is 50.7 Å². The molecule has 77 valence electrons. The fourth-order valence-electron chi connectivity index (χ4n) is 2.12. The van der Waals surface area contributed by atoms with Crippen LogP contribution in [0.15, 0.2) is 0 Å². The zero-order valence-corrected chi connectivity index (χ0v) is 9.05. The van der Waals surface area contributed by atoms with Gasteiger partial charge in [-0.3, -0.25) is 0 Å². The van der Waals surface area contributed by atoms with E-state index in [0.717, 1.165) is 12.5 Å². The number of piperidine rings is 1. The summed E-state index contributed by atoms with van der Waals surface area (Å²) in [5.74, 6) is 2.43. The van der Waals surface area contributed by atoms with Crippen LogP contribution >= 0.6 is 0 Å². The van der Waals surface area contributed by atoms with Crippen LogP contribution in [-0.4, -0.2) is 31.1 Å². The van der Waals surface area contributed by atoms with E-state index in [1.807, 2.05) is 0 Å². The monoisotopic (exact) mass is 183 g/mol. The molecule has 1 heterocycles. The molecule has 2 nitrogen and oxygen atoms in total. The SMILES string of the molecule is C[C](C)CN1CCC(CCN)CC1. The fraction of sp³-hybridized carbons (Fsp3) is 0.909. The first kappa shape index (κ1) is 11.0. The molecule has 1 saturated heterocycles. The van der Waals surface area contributed by atoms with Crippen molar-refractivity contribution in [2.24, 2.45) is 11.7 Å². The predicted molar refractivity (Wildman–Crippen MR) is 57.4 cm³/mol. The number of rotatable bonds is 4. The fourth-order valence-corrected chi connectivity index (χ4v) is 2.12. The Hall–Kier alpha value is -0.0800. The second kappa shape index (κ2) is 5.61. The van der Waals surface area contributed by atoms with Crippen molar-refractivity contribution in [3.05, 3.63) is 5.92 Å². The lowest BCUT2D eigenvalue weighted by atomic mass is 9.93. The third-order valence-corrected chi connectivity index (χ3v) is 2.82. The Balaban J connectivity index is 2.15. The number of nitrogens with zero attached hydrogens (tertiary/aromatic N) is 1. The van der Waals surface area contributed by atoms with Crippen molar-refractivity contribution in [2.75, 3.05) is 26.2 Å². The van der Waals surface area contributed by atoms with Crippen molar-refractivity contribution in [3.63, 3.8) is 0 Å². The van der Waals surface area contributed by atoms with Gasteiger partial charge in [0.2, 0.25) is 0 Å². The summed E-state index contributed by atoms with van der Waals surface area (Å²) in [6.07, 6.45) is 3.93. The highest BCUT2D eigenvalue weighted by Gasteiger charge is 2.18. The van der Waals surface area contributed by atoms with Gasteiger partial charge < -0.3 is 10.6 Å². The Morgan fingerprint density at radius 2 is 1.92 bits per heavy atom. The Bertz CT molecular complexity index is 126. The van der Waals surface area contributed by atoms with E-state index in [2.05, 4.69) is 18.7 Å². The van der Waals surface area contributed by atoms with Gasteiger partial charge in [0.1, 0.15) is 0 Å². The van der Waals surface area contributed by atoms with Gasteiger partial charge in [-0.1, -0.05) is 13.8 Å². The van der Waals surface area contributed by atoms with Crippen LogP contribution in [0.5, 0.6) is 0 Å². The summed E-state index contributed by atoms with van der Waals surface area (Å²) < 4.78 is 0. The summed E-state index contributed by atoms with van der Waals surface area (Å²) in [5.41, 5.74) is 5.56. The molecule has 0 spiro atoms. The topological polar surface area (TPSA) is 29.3 Å². The Labute approximate surface area is 82.5 Å². The van der Waals surface area contributed by atoms with E-state index in [1.54, 1.807) is 0 Å². The molecule has 0 bridgehead atoms. The maximum Gasteiger partial charge on any atom is 0.00383 e. The zero-order valence-electron chi connectivity index (χ0n) is 9.05. The lowest BCUT2D eigenvalue weighted by molar-refractivity contribution is 0.186. The molecule has 1 aliphatic heterocycles. The maximum atomic E-state index is 5.56. The van der Waals surface area contributed by atoms with Gasteiger partial charge in [0, 0.05) is 6.54 Å². The number of hydrogen-bond acceptors (Lipinski definition) is 2. The summed E-state index contributed by atoms with van der Waals surface area (Å²) in [6.45, 7) is 9.03.